The maximum atomic E-state index is 14.3. The van der Waals surface area contributed by atoms with Gasteiger partial charge in [-0.15, -0.1) is 23.2 Å². The Morgan fingerprint density at radius 1 is 1.02 bits per heavy atom. The van der Waals surface area contributed by atoms with Gasteiger partial charge in [-0.3, -0.25) is 28.9 Å². The predicted octanol–water partition coefficient (Wildman–Crippen LogP) is 4.33. The van der Waals surface area contributed by atoms with E-state index >= 15 is 0 Å². The summed E-state index contributed by atoms with van der Waals surface area (Å²) < 4.78 is 14.3. The number of carboxylic acids is 1. The van der Waals surface area contributed by atoms with Crippen molar-refractivity contribution in [2.45, 2.75) is 34.9 Å². The largest absolute Gasteiger partial charge is 0.508 e. The summed E-state index contributed by atoms with van der Waals surface area (Å²) in [6.45, 7) is -0.306. The Morgan fingerprint density at radius 3 is 2.38 bits per heavy atom. The van der Waals surface area contributed by atoms with Crippen LogP contribution in [-0.2, 0) is 24.0 Å². The van der Waals surface area contributed by atoms with Gasteiger partial charge < -0.3 is 10.2 Å². The summed E-state index contributed by atoms with van der Waals surface area (Å²) in [5.74, 6) is -8.70. The minimum absolute atomic E-state index is 0.0415. The minimum Gasteiger partial charge on any atom is -0.508 e. The number of hydrogen-bond donors (Lipinski definition) is 2. The molecule has 42 heavy (non-hydrogen) atoms. The molecule has 3 fully saturated rings. The number of nitrogens with zero attached hydrogens (tertiary/aromatic N) is 2. The van der Waals surface area contributed by atoms with Crippen molar-refractivity contribution in [2.24, 2.45) is 17.8 Å². The van der Waals surface area contributed by atoms with Crippen LogP contribution < -0.4 is 4.90 Å². The number of aromatic hydroxyl groups is 1. The molecule has 2 aliphatic heterocycles. The summed E-state index contributed by atoms with van der Waals surface area (Å²) in [6.07, 6.45) is 1.09. The van der Waals surface area contributed by atoms with Crippen LogP contribution in [0.25, 0.3) is 0 Å². The molecular formula is C29H22BrCl2FN2O7. The van der Waals surface area contributed by atoms with Crippen LogP contribution in [0.15, 0.2) is 58.6 Å². The van der Waals surface area contributed by atoms with E-state index in [1.54, 1.807) is 18.2 Å². The van der Waals surface area contributed by atoms with E-state index in [1.165, 1.54) is 18.2 Å². The molecule has 2 N–H and O–H groups in total. The standard InChI is InChI=1S/C29H22BrCl2FN2O7/c30-13-1-8-20(36)18(11-13)23-16-6-7-17-22(25(40)34(24(17)39)10-9-21(37)38)19(16)12-28(31)26(41)35(27(42)29(23,28)32)15-4-2-14(33)3-5-15/h1-6,8,11,17,19,22-23,36H,7,9-10,12H2,(H,37,38). The molecule has 2 heterocycles. The number of imide groups is 2. The van der Waals surface area contributed by atoms with Crippen molar-refractivity contribution >= 4 is 74.4 Å². The van der Waals surface area contributed by atoms with Crippen LogP contribution >= 0.6 is 39.1 Å². The van der Waals surface area contributed by atoms with Crippen molar-refractivity contribution in [1.82, 2.24) is 4.90 Å². The summed E-state index contributed by atoms with van der Waals surface area (Å²) in [4.78, 5) is 63.9. The number of carbonyl (C=O) groups is 5. The molecule has 218 valence electrons. The second-order valence-corrected chi connectivity index (χ2v) is 13.1. The highest BCUT2D eigenvalue weighted by Crippen LogP contribution is 2.66. The van der Waals surface area contributed by atoms with Crippen molar-refractivity contribution in [1.29, 1.82) is 0 Å². The molecule has 0 aromatic heterocycles. The molecule has 4 aliphatic rings. The fourth-order valence-electron chi connectivity index (χ4n) is 6.99. The van der Waals surface area contributed by atoms with E-state index in [9.17, 15) is 33.5 Å². The van der Waals surface area contributed by atoms with Crippen LogP contribution in [0.1, 0.15) is 30.7 Å². The van der Waals surface area contributed by atoms with Gasteiger partial charge in [-0.2, -0.15) is 0 Å². The number of amides is 4. The Labute approximate surface area is 257 Å². The molecule has 0 bridgehead atoms. The summed E-state index contributed by atoms with van der Waals surface area (Å²) in [7, 11) is 0. The number of carbonyl (C=O) groups excluding carboxylic acids is 4. The average molecular weight is 680 g/mol. The second kappa shape index (κ2) is 9.89. The van der Waals surface area contributed by atoms with E-state index in [0.717, 1.165) is 21.9 Å². The molecule has 2 aromatic rings. The van der Waals surface area contributed by atoms with Crippen molar-refractivity contribution in [3.05, 3.63) is 70.0 Å². The Morgan fingerprint density at radius 2 is 1.71 bits per heavy atom. The highest BCUT2D eigenvalue weighted by molar-refractivity contribution is 9.10. The third-order valence-corrected chi connectivity index (χ3v) is 10.7. The average Bonchev–Trinajstić information content (AvgIpc) is 3.27. The van der Waals surface area contributed by atoms with Gasteiger partial charge in [-0.1, -0.05) is 27.6 Å². The number of halogens is 4. The number of benzene rings is 2. The van der Waals surface area contributed by atoms with Gasteiger partial charge in [0.15, 0.2) is 9.75 Å². The smallest absolute Gasteiger partial charge is 0.305 e. The summed E-state index contributed by atoms with van der Waals surface area (Å²) in [6, 6.07) is 9.17. The van der Waals surface area contributed by atoms with Crippen LogP contribution in [0.3, 0.4) is 0 Å². The lowest BCUT2D eigenvalue weighted by Crippen LogP contribution is -2.60. The minimum atomic E-state index is -2.18. The number of rotatable bonds is 5. The van der Waals surface area contributed by atoms with Gasteiger partial charge in [-0.05, 0) is 61.2 Å². The monoisotopic (exact) mass is 678 g/mol. The number of phenolic OH excluding ortho intramolecular Hbond substituents is 1. The van der Waals surface area contributed by atoms with Gasteiger partial charge in [-0.25, -0.2) is 9.29 Å². The quantitative estimate of drug-likeness (QED) is 0.273. The molecule has 0 radical (unpaired) electrons. The van der Waals surface area contributed by atoms with E-state index in [0.29, 0.717) is 10.0 Å². The van der Waals surface area contributed by atoms with E-state index in [1.807, 2.05) is 0 Å². The Bertz CT molecular complexity index is 1620. The van der Waals surface area contributed by atoms with E-state index in [-0.39, 0.29) is 36.4 Å². The van der Waals surface area contributed by atoms with Gasteiger partial charge in [0, 0.05) is 22.5 Å². The number of alkyl halides is 2. The number of fused-ring (bicyclic) bond motifs is 4. The number of anilines is 1. The van der Waals surface area contributed by atoms with Gasteiger partial charge >= 0.3 is 5.97 Å². The van der Waals surface area contributed by atoms with Crippen LogP contribution in [0.5, 0.6) is 5.75 Å². The Hall–Kier alpha value is -3.28. The first kappa shape index (κ1) is 28.8. The zero-order chi connectivity index (χ0) is 30.3. The van der Waals surface area contributed by atoms with Crippen LogP contribution in [0.2, 0.25) is 0 Å². The zero-order valence-corrected chi connectivity index (χ0v) is 24.7. The normalized spacial score (nSPS) is 32.0. The molecule has 2 aromatic carbocycles. The van der Waals surface area contributed by atoms with Gasteiger partial charge in [0.2, 0.25) is 11.8 Å². The third-order valence-electron chi connectivity index (χ3n) is 8.84. The predicted molar refractivity (Wildman–Crippen MR) is 151 cm³/mol. The molecule has 13 heteroatoms. The Balaban J connectivity index is 1.53. The number of allylic oxidation sites excluding steroid dienone is 2. The maximum absolute atomic E-state index is 14.3. The highest BCUT2D eigenvalue weighted by atomic mass is 79.9. The molecule has 4 amide bonds. The number of aliphatic carboxylic acids is 1. The molecule has 6 unspecified atom stereocenters. The summed E-state index contributed by atoms with van der Waals surface area (Å²) >= 11 is 17.8. The van der Waals surface area contributed by atoms with Crippen molar-refractivity contribution in [3.63, 3.8) is 0 Å². The third kappa shape index (κ3) is 3.89. The fourth-order valence-corrected chi connectivity index (χ4v) is 8.30. The first-order chi connectivity index (χ1) is 19.8. The van der Waals surface area contributed by atoms with Gasteiger partial charge in [0.05, 0.1) is 23.9 Å². The van der Waals surface area contributed by atoms with E-state index in [2.05, 4.69) is 15.9 Å². The number of phenols is 1. The molecule has 0 spiro atoms. The molecule has 6 atom stereocenters. The summed E-state index contributed by atoms with van der Waals surface area (Å²) in [5.41, 5.74) is 0.694. The summed E-state index contributed by atoms with van der Waals surface area (Å²) in [5, 5.41) is 20.2. The SMILES string of the molecule is O=C(O)CCN1C(=O)C2CC=C3C(CC4(Cl)C(=O)N(c5ccc(F)cc5)C(=O)C4(Cl)C3c3cc(Br)ccc3O)C2C1=O. The van der Waals surface area contributed by atoms with Crippen LogP contribution in [-0.4, -0.2) is 61.0 Å². The molecule has 9 nitrogen and oxygen atoms in total. The number of hydrogen-bond acceptors (Lipinski definition) is 6. The van der Waals surface area contributed by atoms with Crippen molar-refractivity contribution in [2.75, 3.05) is 11.4 Å². The molecule has 2 saturated heterocycles. The number of likely N-dealkylation sites (tertiary alicyclic amines) is 1. The molecular weight excluding hydrogens is 658 g/mol. The first-order valence-electron chi connectivity index (χ1n) is 13.1. The topological polar surface area (TPSA) is 132 Å². The van der Waals surface area contributed by atoms with Crippen LogP contribution in [0.4, 0.5) is 10.1 Å². The molecule has 6 rings (SSSR count). The molecule has 1 saturated carbocycles. The lowest BCUT2D eigenvalue weighted by molar-refractivity contribution is -0.142. The lowest BCUT2D eigenvalue weighted by Gasteiger charge is -2.50. The van der Waals surface area contributed by atoms with E-state index in [4.69, 9.17) is 28.3 Å². The van der Waals surface area contributed by atoms with Gasteiger partial charge in [0.1, 0.15) is 11.6 Å². The molecule has 2 aliphatic carbocycles. The van der Waals surface area contributed by atoms with Gasteiger partial charge in [0.25, 0.3) is 11.8 Å². The number of carboxylic acid groups (broad SMARTS) is 1. The first-order valence-corrected chi connectivity index (χ1v) is 14.6. The second-order valence-electron chi connectivity index (χ2n) is 10.9. The Kier molecular flexibility index (Phi) is 6.79. The maximum Gasteiger partial charge on any atom is 0.305 e. The van der Waals surface area contributed by atoms with E-state index < -0.39 is 75.3 Å². The zero-order valence-electron chi connectivity index (χ0n) is 21.6. The van der Waals surface area contributed by atoms with Crippen molar-refractivity contribution in [3.8, 4) is 5.75 Å². The lowest BCUT2D eigenvalue weighted by atomic mass is 9.56. The van der Waals surface area contributed by atoms with Crippen LogP contribution in [0, 0.1) is 23.6 Å². The highest BCUT2D eigenvalue weighted by Gasteiger charge is 2.76. The van der Waals surface area contributed by atoms with Crippen molar-refractivity contribution < 1.29 is 38.6 Å². The fraction of sp³-hybridized carbons (Fsp3) is 0.345.